The second-order valence-corrected chi connectivity index (χ2v) is 7.95. The third kappa shape index (κ3) is 4.73. The van der Waals surface area contributed by atoms with Gasteiger partial charge >= 0.3 is 5.97 Å². The number of esters is 1. The molecule has 0 aliphatic rings. The van der Waals surface area contributed by atoms with Crippen LogP contribution in [0.5, 0.6) is 0 Å². The van der Waals surface area contributed by atoms with Crippen molar-refractivity contribution in [2.45, 2.75) is 19.4 Å². The van der Waals surface area contributed by atoms with E-state index in [2.05, 4.69) is 27.4 Å². The Morgan fingerprint density at radius 2 is 1.94 bits per heavy atom. The molecule has 0 aliphatic heterocycles. The summed E-state index contributed by atoms with van der Waals surface area (Å²) >= 11 is 7.24. The molecule has 0 saturated heterocycles. The van der Waals surface area contributed by atoms with Crippen LogP contribution < -0.4 is 5.32 Å². The number of fused-ring (bicyclic) bond motifs is 1. The molecule has 1 N–H and O–H groups in total. The van der Waals surface area contributed by atoms with E-state index in [9.17, 15) is 9.59 Å². The molecule has 156 valence electrons. The van der Waals surface area contributed by atoms with Gasteiger partial charge in [-0.25, -0.2) is 14.8 Å². The van der Waals surface area contributed by atoms with E-state index < -0.39 is 18.0 Å². The summed E-state index contributed by atoms with van der Waals surface area (Å²) in [5.41, 5.74) is 1.83. The molecular weight excluding hydrogens is 434 g/mol. The molecule has 2 aromatic carbocycles. The normalized spacial score (nSPS) is 11.8. The average molecular weight is 452 g/mol. The number of nitrogens with zero attached hydrogens (tertiary/aromatic N) is 2. The summed E-state index contributed by atoms with van der Waals surface area (Å²) in [7, 11) is 0. The van der Waals surface area contributed by atoms with Gasteiger partial charge in [-0.3, -0.25) is 10.1 Å². The van der Waals surface area contributed by atoms with Crippen molar-refractivity contribution in [3.63, 3.8) is 0 Å². The maximum absolute atomic E-state index is 12.6. The van der Waals surface area contributed by atoms with Crippen molar-refractivity contribution >= 4 is 50.7 Å². The number of hydrogen-bond donors (Lipinski definition) is 1. The van der Waals surface area contributed by atoms with E-state index in [0.717, 1.165) is 22.0 Å². The van der Waals surface area contributed by atoms with E-state index in [1.165, 1.54) is 23.6 Å². The fourth-order valence-corrected chi connectivity index (χ4v) is 3.97. The van der Waals surface area contributed by atoms with Gasteiger partial charge in [0.1, 0.15) is 5.15 Å². The minimum absolute atomic E-state index is 0.0303. The largest absolute Gasteiger partial charge is 0.449 e. The Labute approximate surface area is 187 Å². The van der Waals surface area contributed by atoms with E-state index in [1.807, 2.05) is 35.7 Å². The molecule has 6 nitrogen and oxygen atoms in total. The second-order valence-electron chi connectivity index (χ2n) is 6.73. The average Bonchev–Trinajstić information content (AvgIpc) is 3.25. The number of hydrogen-bond acceptors (Lipinski definition) is 6. The molecule has 0 saturated carbocycles. The predicted octanol–water partition coefficient (Wildman–Crippen LogP) is 5.59. The Hall–Kier alpha value is -3.29. The molecule has 4 rings (SSSR count). The van der Waals surface area contributed by atoms with Crippen LogP contribution in [-0.2, 0) is 9.53 Å². The number of anilines is 1. The van der Waals surface area contributed by atoms with Crippen LogP contribution in [-0.4, -0.2) is 27.9 Å². The Balaban J connectivity index is 1.45. The van der Waals surface area contributed by atoms with Crippen LogP contribution >= 0.6 is 22.9 Å². The van der Waals surface area contributed by atoms with Crippen LogP contribution in [0, 0.1) is 0 Å². The molecule has 1 unspecified atom stereocenters. The first kappa shape index (κ1) is 21.0. The van der Waals surface area contributed by atoms with Crippen molar-refractivity contribution in [3.8, 4) is 11.3 Å². The summed E-state index contributed by atoms with van der Waals surface area (Å²) in [6.45, 7) is 1.75. The van der Waals surface area contributed by atoms with Crippen LogP contribution in [0.2, 0.25) is 5.15 Å². The summed E-state index contributed by atoms with van der Waals surface area (Å²) in [5.74, 6) is -1.15. The lowest BCUT2D eigenvalue weighted by Gasteiger charge is -2.15. The number of nitrogens with one attached hydrogen (secondary N) is 1. The lowest BCUT2D eigenvalue weighted by atomic mass is 10.1. The highest BCUT2D eigenvalue weighted by atomic mass is 35.5. The third-order valence-corrected chi connectivity index (χ3v) is 5.73. The molecule has 1 amide bonds. The number of halogens is 1. The molecule has 1 atom stereocenters. The van der Waals surface area contributed by atoms with Crippen LogP contribution in [0.4, 0.5) is 5.13 Å². The van der Waals surface area contributed by atoms with E-state index in [-0.39, 0.29) is 10.7 Å². The van der Waals surface area contributed by atoms with Crippen molar-refractivity contribution in [2.75, 3.05) is 5.32 Å². The van der Waals surface area contributed by atoms with Crippen LogP contribution in [0.15, 0.2) is 66.2 Å². The quantitative estimate of drug-likeness (QED) is 0.305. The second kappa shape index (κ2) is 9.24. The summed E-state index contributed by atoms with van der Waals surface area (Å²) in [5, 5.41) is 7.34. The van der Waals surface area contributed by atoms with E-state index in [0.29, 0.717) is 11.6 Å². The SMILES string of the molecule is CCC(OC(=O)c1cccnc1Cl)C(=O)Nc1nc(-c2ccc3ccccc3c2)cs1. The minimum Gasteiger partial charge on any atom is -0.449 e. The van der Waals surface area contributed by atoms with Gasteiger partial charge in [-0.2, -0.15) is 0 Å². The van der Waals surface area contributed by atoms with Gasteiger partial charge in [0.05, 0.1) is 11.3 Å². The third-order valence-electron chi connectivity index (χ3n) is 4.67. The molecule has 0 fully saturated rings. The maximum atomic E-state index is 12.6. The first-order chi connectivity index (χ1) is 15.0. The Kier molecular flexibility index (Phi) is 6.25. The van der Waals surface area contributed by atoms with Gasteiger partial charge in [0.25, 0.3) is 5.91 Å². The van der Waals surface area contributed by atoms with Crippen molar-refractivity contribution in [3.05, 3.63) is 76.9 Å². The highest BCUT2D eigenvalue weighted by molar-refractivity contribution is 7.14. The zero-order valence-corrected chi connectivity index (χ0v) is 18.1. The number of amides is 1. The fourth-order valence-electron chi connectivity index (χ4n) is 3.05. The van der Waals surface area contributed by atoms with Crippen molar-refractivity contribution in [1.82, 2.24) is 9.97 Å². The first-order valence-electron chi connectivity index (χ1n) is 9.62. The van der Waals surface area contributed by atoms with Crippen molar-refractivity contribution in [2.24, 2.45) is 0 Å². The van der Waals surface area contributed by atoms with E-state index in [1.54, 1.807) is 13.0 Å². The summed E-state index contributed by atoms with van der Waals surface area (Å²) in [6.07, 6.45) is 0.800. The Morgan fingerprint density at radius 3 is 2.71 bits per heavy atom. The smallest absolute Gasteiger partial charge is 0.342 e. The Bertz CT molecular complexity index is 1260. The molecule has 2 heterocycles. The topological polar surface area (TPSA) is 81.2 Å². The Morgan fingerprint density at radius 1 is 1.13 bits per heavy atom. The summed E-state index contributed by atoms with van der Waals surface area (Å²) < 4.78 is 5.34. The molecular formula is C23H18ClN3O3S. The lowest BCUT2D eigenvalue weighted by Crippen LogP contribution is -2.32. The lowest BCUT2D eigenvalue weighted by molar-refractivity contribution is -0.124. The molecule has 0 bridgehead atoms. The van der Waals surface area contributed by atoms with Crippen LogP contribution in [0.25, 0.3) is 22.0 Å². The molecule has 0 aliphatic carbocycles. The molecule has 31 heavy (non-hydrogen) atoms. The number of aromatic nitrogens is 2. The van der Waals surface area contributed by atoms with Gasteiger partial charge in [-0.15, -0.1) is 11.3 Å². The van der Waals surface area contributed by atoms with Crippen LogP contribution in [0.1, 0.15) is 23.7 Å². The number of ether oxygens (including phenoxy) is 1. The molecule has 0 spiro atoms. The molecule has 4 aromatic rings. The number of benzene rings is 2. The van der Waals surface area contributed by atoms with Gasteiger partial charge in [0.2, 0.25) is 0 Å². The number of rotatable bonds is 6. The minimum atomic E-state index is -0.975. The van der Waals surface area contributed by atoms with E-state index in [4.69, 9.17) is 16.3 Å². The number of carbonyl (C=O) groups excluding carboxylic acids is 2. The summed E-state index contributed by atoms with van der Waals surface area (Å²) in [6, 6.07) is 17.3. The van der Waals surface area contributed by atoms with Gasteiger partial charge < -0.3 is 4.74 Å². The molecule has 2 aromatic heterocycles. The highest BCUT2D eigenvalue weighted by Crippen LogP contribution is 2.28. The van der Waals surface area contributed by atoms with Gasteiger partial charge in [0.15, 0.2) is 11.2 Å². The van der Waals surface area contributed by atoms with E-state index >= 15 is 0 Å². The zero-order valence-electron chi connectivity index (χ0n) is 16.5. The monoisotopic (exact) mass is 451 g/mol. The highest BCUT2D eigenvalue weighted by Gasteiger charge is 2.24. The van der Waals surface area contributed by atoms with Crippen LogP contribution in [0.3, 0.4) is 0 Å². The first-order valence-corrected chi connectivity index (χ1v) is 10.9. The zero-order chi connectivity index (χ0) is 21.8. The number of carbonyl (C=O) groups is 2. The molecule has 8 heteroatoms. The standard InChI is InChI=1S/C23H18ClN3O3S/c1-2-19(30-22(29)17-8-5-11-25-20(17)24)21(28)27-23-26-18(13-31-23)16-10-9-14-6-3-4-7-15(14)12-16/h3-13,19H,2H2,1H3,(H,26,27,28). The van der Waals surface area contributed by atoms with Crippen molar-refractivity contribution < 1.29 is 14.3 Å². The summed E-state index contributed by atoms with van der Waals surface area (Å²) in [4.78, 5) is 33.4. The van der Waals surface area contributed by atoms with Gasteiger partial charge in [-0.1, -0.05) is 54.9 Å². The molecule has 0 radical (unpaired) electrons. The number of thiazole rings is 1. The fraction of sp³-hybridized carbons (Fsp3) is 0.130. The van der Waals surface area contributed by atoms with Gasteiger partial charge in [0, 0.05) is 17.1 Å². The van der Waals surface area contributed by atoms with Crippen molar-refractivity contribution in [1.29, 1.82) is 0 Å². The predicted molar refractivity (Wildman–Crippen MR) is 122 cm³/mol. The van der Waals surface area contributed by atoms with Gasteiger partial charge in [-0.05, 0) is 35.4 Å². The maximum Gasteiger partial charge on any atom is 0.342 e. The number of pyridine rings is 1.